The molecule has 2 heterocycles. The van der Waals surface area contributed by atoms with Crippen LogP contribution in [0.25, 0.3) is 44.9 Å². The number of nitrogens with zero attached hydrogens (tertiary/aromatic N) is 3. The average Bonchev–Trinajstić information content (AvgIpc) is 3.00. The summed E-state index contributed by atoms with van der Waals surface area (Å²) >= 11 is 0. The molecule has 0 aliphatic heterocycles. The van der Waals surface area contributed by atoms with Crippen LogP contribution in [-0.2, 0) is 20.1 Å². The first-order chi connectivity index (χ1) is 18.7. The fourth-order valence-corrected chi connectivity index (χ4v) is 3.98. The van der Waals surface area contributed by atoms with E-state index in [1.807, 2.05) is 86.8 Å². The van der Waals surface area contributed by atoms with Gasteiger partial charge in [0.2, 0.25) is 0 Å². The van der Waals surface area contributed by atoms with Gasteiger partial charge >= 0.3 is 0 Å². The predicted octanol–water partition coefficient (Wildman–Crippen LogP) is 8.44. The zero-order valence-electron chi connectivity index (χ0n) is 21.8. The summed E-state index contributed by atoms with van der Waals surface area (Å²) in [6.07, 6.45) is 3.66. The molecule has 0 N–H and O–H groups in total. The van der Waals surface area contributed by atoms with Crippen molar-refractivity contribution >= 4 is 0 Å². The minimum atomic E-state index is 0. The number of aromatic nitrogens is 3. The van der Waals surface area contributed by atoms with E-state index < -0.39 is 0 Å². The van der Waals surface area contributed by atoms with Crippen molar-refractivity contribution in [3.63, 3.8) is 0 Å². The van der Waals surface area contributed by atoms with E-state index in [4.69, 9.17) is 0 Å². The molecule has 2 aromatic heterocycles. The predicted molar refractivity (Wildman–Crippen MR) is 155 cm³/mol. The van der Waals surface area contributed by atoms with Gasteiger partial charge < -0.3 is 4.98 Å². The van der Waals surface area contributed by atoms with Gasteiger partial charge in [0.15, 0.2) is 0 Å². The van der Waals surface area contributed by atoms with Crippen molar-refractivity contribution in [3.8, 4) is 44.9 Å². The summed E-state index contributed by atoms with van der Waals surface area (Å²) in [4.78, 5) is 13.3. The second-order valence-electron chi connectivity index (χ2n) is 8.89. The summed E-state index contributed by atoms with van der Waals surface area (Å²) in [6, 6.07) is 45.3. The number of hydrogen-bond acceptors (Lipinski definition) is 3. The molecule has 0 bridgehead atoms. The van der Waals surface area contributed by atoms with Crippen LogP contribution in [-0.4, -0.2) is 15.0 Å². The monoisotopic (exact) mass is 682 g/mol. The molecule has 0 saturated heterocycles. The SMILES string of the molecule is Cc1cnc(-c2[c-]ccc(-c3ccccc3)c2)nc1C.[Ir].[c-]1cc(-c2ccccc2)ccc1-c1ccccn1. The number of hydrogen-bond donors (Lipinski definition) is 0. The first-order valence-corrected chi connectivity index (χ1v) is 12.5. The molecule has 4 aromatic carbocycles. The largest absolute Gasteiger partial charge is 0.305 e. The van der Waals surface area contributed by atoms with Crippen molar-refractivity contribution in [2.45, 2.75) is 13.8 Å². The molecule has 0 aliphatic carbocycles. The molecule has 0 fully saturated rings. The van der Waals surface area contributed by atoms with E-state index >= 15 is 0 Å². The van der Waals surface area contributed by atoms with Crippen molar-refractivity contribution < 1.29 is 20.1 Å². The summed E-state index contributed by atoms with van der Waals surface area (Å²) in [5, 5.41) is 0. The van der Waals surface area contributed by atoms with Gasteiger partial charge in [-0.3, -0.25) is 9.97 Å². The number of pyridine rings is 1. The standard InChI is InChI=1S/C18H15N2.C17H12N.Ir/c1-13-12-19-18(20-14(13)2)17-10-6-9-16(11-17)15-7-4-3-5-8-15;1-2-6-14(7-3-1)15-9-11-16(12-10-15)17-8-4-5-13-18-17;/h3-9,11-12H,1-2H3;1-11,13H;/q2*-1;. The van der Waals surface area contributed by atoms with E-state index in [0.29, 0.717) is 0 Å². The van der Waals surface area contributed by atoms with Gasteiger partial charge in [-0.15, -0.1) is 65.2 Å². The van der Waals surface area contributed by atoms with E-state index in [1.165, 1.54) is 16.7 Å². The average molecular weight is 682 g/mol. The fourth-order valence-electron chi connectivity index (χ4n) is 3.98. The Morgan fingerprint density at radius 1 is 0.590 bits per heavy atom. The van der Waals surface area contributed by atoms with Crippen molar-refractivity contribution in [2.24, 2.45) is 0 Å². The first-order valence-electron chi connectivity index (χ1n) is 12.5. The molecule has 39 heavy (non-hydrogen) atoms. The number of aryl methyl sites for hydroxylation is 2. The van der Waals surface area contributed by atoms with Crippen LogP contribution < -0.4 is 0 Å². The van der Waals surface area contributed by atoms with Crippen LogP contribution in [0.3, 0.4) is 0 Å². The van der Waals surface area contributed by atoms with Gasteiger partial charge in [0.1, 0.15) is 0 Å². The first kappa shape index (κ1) is 27.8. The van der Waals surface area contributed by atoms with E-state index in [1.54, 1.807) is 6.20 Å². The zero-order valence-corrected chi connectivity index (χ0v) is 24.2. The molecule has 6 aromatic rings. The van der Waals surface area contributed by atoms with Gasteiger partial charge in [-0.1, -0.05) is 83.9 Å². The fraction of sp³-hybridized carbons (Fsp3) is 0.0571. The molecular formula is C35H27IrN3-2. The number of benzene rings is 4. The van der Waals surface area contributed by atoms with E-state index in [9.17, 15) is 0 Å². The second-order valence-corrected chi connectivity index (χ2v) is 8.89. The molecule has 0 saturated carbocycles. The number of rotatable bonds is 4. The summed E-state index contributed by atoms with van der Waals surface area (Å²) in [7, 11) is 0. The molecule has 0 spiro atoms. The smallest absolute Gasteiger partial charge is 0.0751 e. The van der Waals surface area contributed by atoms with Gasteiger partial charge in [0.05, 0.1) is 5.82 Å². The minimum Gasteiger partial charge on any atom is -0.305 e. The van der Waals surface area contributed by atoms with Crippen LogP contribution in [0.2, 0.25) is 0 Å². The maximum absolute atomic E-state index is 4.54. The summed E-state index contributed by atoms with van der Waals surface area (Å²) in [5.41, 5.74) is 9.74. The maximum Gasteiger partial charge on any atom is 0.0751 e. The molecule has 6 rings (SSSR count). The third-order valence-electron chi connectivity index (χ3n) is 6.24. The topological polar surface area (TPSA) is 38.7 Å². The molecule has 4 heteroatoms. The van der Waals surface area contributed by atoms with Gasteiger partial charge in [0, 0.05) is 38.2 Å². The molecule has 0 amide bonds. The van der Waals surface area contributed by atoms with Gasteiger partial charge in [0.25, 0.3) is 0 Å². The van der Waals surface area contributed by atoms with Crippen LogP contribution in [0, 0.1) is 26.0 Å². The van der Waals surface area contributed by atoms with Gasteiger partial charge in [-0.05, 0) is 36.7 Å². The van der Waals surface area contributed by atoms with Crippen LogP contribution in [0.4, 0.5) is 0 Å². The molecule has 0 atom stereocenters. The van der Waals surface area contributed by atoms with Crippen LogP contribution >= 0.6 is 0 Å². The van der Waals surface area contributed by atoms with E-state index in [-0.39, 0.29) is 20.1 Å². The molecule has 3 nitrogen and oxygen atoms in total. The Kier molecular flexibility index (Phi) is 9.63. The second kappa shape index (κ2) is 13.5. The van der Waals surface area contributed by atoms with Crippen LogP contribution in [0.1, 0.15) is 11.3 Å². The molecule has 1 radical (unpaired) electrons. The maximum atomic E-state index is 4.54. The van der Waals surface area contributed by atoms with Gasteiger partial charge in [-0.2, -0.15) is 0 Å². The Balaban J connectivity index is 0.000000177. The quantitative estimate of drug-likeness (QED) is 0.175. The van der Waals surface area contributed by atoms with Crippen LogP contribution in [0.15, 0.2) is 128 Å². The van der Waals surface area contributed by atoms with Crippen molar-refractivity contribution in [1.29, 1.82) is 0 Å². The molecule has 0 unspecified atom stereocenters. The summed E-state index contributed by atoms with van der Waals surface area (Å²) < 4.78 is 0. The zero-order chi connectivity index (χ0) is 26.2. The summed E-state index contributed by atoms with van der Waals surface area (Å²) in [6.45, 7) is 4.02. The molecular weight excluding hydrogens is 655 g/mol. The summed E-state index contributed by atoms with van der Waals surface area (Å²) in [5.74, 6) is 0.728. The van der Waals surface area contributed by atoms with Crippen molar-refractivity contribution in [2.75, 3.05) is 0 Å². The molecule has 0 aliphatic rings. The van der Waals surface area contributed by atoms with E-state index in [0.717, 1.165) is 39.5 Å². The molecule has 193 valence electrons. The van der Waals surface area contributed by atoms with E-state index in [2.05, 4.69) is 75.6 Å². The normalized spacial score (nSPS) is 10.1. The Labute approximate surface area is 244 Å². The Morgan fingerprint density at radius 3 is 1.90 bits per heavy atom. The third kappa shape index (κ3) is 7.20. The Morgan fingerprint density at radius 2 is 1.28 bits per heavy atom. The minimum absolute atomic E-state index is 0. The van der Waals surface area contributed by atoms with Crippen LogP contribution in [0.5, 0.6) is 0 Å². The Bertz CT molecular complexity index is 1540. The van der Waals surface area contributed by atoms with Gasteiger partial charge in [-0.25, -0.2) is 0 Å². The van der Waals surface area contributed by atoms with Crippen molar-refractivity contribution in [1.82, 2.24) is 15.0 Å². The van der Waals surface area contributed by atoms with Crippen molar-refractivity contribution in [3.05, 3.63) is 151 Å². The Hall–Kier alpha value is -4.24. The third-order valence-corrected chi connectivity index (χ3v) is 6.24.